The van der Waals surface area contributed by atoms with Gasteiger partial charge in [-0.1, -0.05) is 67.6 Å². The summed E-state index contributed by atoms with van der Waals surface area (Å²) in [6, 6.07) is 21.7. The van der Waals surface area contributed by atoms with E-state index in [1.807, 2.05) is 13.0 Å². The molecule has 0 bridgehead atoms. The van der Waals surface area contributed by atoms with Crippen molar-refractivity contribution in [2.75, 3.05) is 0 Å². The molecule has 0 aromatic heterocycles. The summed E-state index contributed by atoms with van der Waals surface area (Å²) in [6.45, 7) is 6.35. The Labute approximate surface area is 163 Å². The van der Waals surface area contributed by atoms with Crippen molar-refractivity contribution >= 4 is 10.8 Å². The Hall–Kier alpha value is -2.12. The van der Waals surface area contributed by atoms with E-state index in [1.165, 1.54) is 40.3 Å². The second-order valence-electron chi connectivity index (χ2n) is 8.54. The third-order valence-electron chi connectivity index (χ3n) is 6.64. The lowest BCUT2D eigenvalue weighted by atomic mass is 9.80. The van der Waals surface area contributed by atoms with Crippen LogP contribution in [0, 0.1) is 6.92 Å². The Morgan fingerprint density at radius 1 is 0.926 bits per heavy atom. The van der Waals surface area contributed by atoms with Crippen LogP contribution in [0.4, 0.5) is 0 Å². The molecule has 0 amide bonds. The highest BCUT2D eigenvalue weighted by Gasteiger charge is 2.46. The highest BCUT2D eigenvalue weighted by Crippen LogP contribution is 2.55. The Kier molecular flexibility index (Phi) is 4.60. The van der Waals surface area contributed by atoms with E-state index >= 15 is 0 Å². The molecular formula is C26H30O. The minimum absolute atomic E-state index is 0.235. The molecule has 1 aliphatic rings. The quantitative estimate of drug-likeness (QED) is 0.538. The third kappa shape index (κ3) is 3.30. The molecule has 1 nitrogen and oxygen atoms in total. The summed E-state index contributed by atoms with van der Waals surface area (Å²) in [5.41, 5.74) is 4.63. The van der Waals surface area contributed by atoms with E-state index in [9.17, 15) is 5.11 Å². The summed E-state index contributed by atoms with van der Waals surface area (Å²) in [4.78, 5) is 0. The molecule has 0 radical (unpaired) electrons. The maximum Gasteiger partial charge on any atom is 0.0871 e. The lowest BCUT2D eigenvalue weighted by Crippen LogP contribution is -2.25. The third-order valence-corrected chi connectivity index (χ3v) is 6.64. The molecule has 1 aliphatic carbocycles. The zero-order valence-electron chi connectivity index (χ0n) is 16.8. The first-order valence-corrected chi connectivity index (χ1v) is 10.3. The average molecular weight is 359 g/mol. The van der Waals surface area contributed by atoms with Crippen LogP contribution in [-0.2, 0) is 17.4 Å². The summed E-state index contributed by atoms with van der Waals surface area (Å²) in [6.07, 6.45) is 5.24. The standard InChI is InChI=1S/C26H30O/c1-4-20-9-5-8-12-23(20)25(3,27)15-16-26(17-18-26)24-14-13-19(2)21-10-6-7-11-22(21)24/h5-14,27H,4,15-18H2,1-3H3. The number of hydrogen-bond donors (Lipinski definition) is 1. The van der Waals surface area contributed by atoms with Gasteiger partial charge in [0.25, 0.3) is 0 Å². The molecule has 0 heterocycles. The first kappa shape index (κ1) is 18.3. The van der Waals surface area contributed by atoms with Crippen molar-refractivity contribution in [3.05, 3.63) is 82.9 Å². The molecule has 0 spiro atoms. The van der Waals surface area contributed by atoms with E-state index in [4.69, 9.17) is 0 Å². The molecule has 1 heteroatoms. The Morgan fingerprint density at radius 2 is 1.59 bits per heavy atom. The van der Waals surface area contributed by atoms with Crippen LogP contribution < -0.4 is 0 Å². The summed E-state index contributed by atoms with van der Waals surface area (Å²) in [5, 5.41) is 14.1. The predicted octanol–water partition coefficient (Wildman–Crippen LogP) is 6.43. The molecule has 1 fully saturated rings. The number of hydrogen-bond acceptors (Lipinski definition) is 1. The molecule has 3 aromatic rings. The van der Waals surface area contributed by atoms with E-state index in [2.05, 4.69) is 68.4 Å². The number of benzene rings is 3. The van der Waals surface area contributed by atoms with Gasteiger partial charge in [0.1, 0.15) is 0 Å². The first-order valence-electron chi connectivity index (χ1n) is 10.3. The van der Waals surface area contributed by atoms with Gasteiger partial charge < -0.3 is 5.11 Å². The van der Waals surface area contributed by atoms with Crippen LogP contribution in [-0.4, -0.2) is 5.11 Å². The van der Waals surface area contributed by atoms with Gasteiger partial charge in [-0.25, -0.2) is 0 Å². The van der Waals surface area contributed by atoms with Crippen molar-refractivity contribution in [2.24, 2.45) is 0 Å². The molecule has 1 unspecified atom stereocenters. The fourth-order valence-electron chi connectivity index (χ4n) is 4.69. The van der Waals surface area contributed by atoms with Crippen LogP contribution in [0.15, 0.2) is 60.7 Å². The maximum atomic E-state index is 11.3. The number of rotatable bonds is 6. The van der Waals surface area contributed by atoms with Gasteiger partial charge in [-0.2, -0.15) is 0 Å². The summed E-state index contributed by atoms with van der Waals surface area (Å²) >= 11 is 0. The highest BCUT2D eigenvalue weighted by molar-refractivity contribution is 5.89. The molecule has 1 atom stereocenters. The lowest BCUT2D eigenvalue weighted by Gasteiger charge is -2.29. The van der Waals surface area contributed by atoms with E-state index in [-0.39, 0.29) is 5.41 Å². The van der Waals surface area contributed by atoms with Crippen molar-refractivity contribution in [1.29, 1.82) is 0 Å². The van der Waals surface area contributed by atoms with Crippen LogP contribution in [0.3, 0.4) is 0 Å². The minimum Gasteiger partial charge on any atom is -0.385 e. The molecular weight excluding hydrogens is 328 g/mol. The topological polar surface area (TPSA) is 20.2 Å². The minimum atomic E-state index is -0.775. The number of fused-ring (bicyclic) bond motifs is 1. The molecule has 0 saturated heterocycles. The number of aliphatic hydroxyl groups is 1. The van der Waals surface area contributed by atoms with Gasteiger partial charge in [0.05, 0.1) is 5.60 Å². The first-order chi connectivity index (χ1) is 13.0. The van der Waals surface area contributed by atoms with Crippen molar-refractivity contribution in [2.45, 2.75) is 63.9 Å². The van der Waals surface area contributed by atoms with Gasteiger partial charge in [-0.05, 0) is 84.4 Å². The highest BCUT2D eigenvalue weighted by atomic mass is 16.3. The van der Waals surface area contributed by atoms with E-state index in [0.29, 0.717) is 0 Å². The lowest BCUT2D eigenvalue weighted by molar-refractivity contribution is 0.0417. The van der Waals surface area contributed by atoms with Gasteiger partial charge in [0.2, 0.25) is 0 Å². The second-order valence-corrected chi connectivity index (χ2v) is 8.54. The van der Waals surface area contributed by atoms with Gasteiger partial charge in [0.15, 0.2) is 0 Å². The zero-order valence-corrected chi connectivity index (χ0v) is 16.8. The fourth-order valence-corrected chi connectivity index (χ4v) is 4.69. The van der Waals surface area contributed by atoms with Crippen LogP contribution >= 0.6 is 0 Å². The molecule has 3 aromatic carbocycles. The van der Waals surface area contributed by atoms with Gasteiger partial charge in [-0.3, -0.25) is 0 Å². The molecule has 1 N–H and O–H groups in total. The molecule has 27 heavy (non-hydrogen) atoms. The van der Waals surface area contributed by atoms with Crippen LogP contribution in [0.1, 0.15) is 61.8 Å². The van der Waals surface area contributed by atoms with Gasteiger partial charge >= 0.3 is 0 Å². The smallest absolute Gasteiger partial charge is 0.0871 e. The maximum absolute atomic E-state index is 11.3. The molecule has 140 valence electrons. The summed E-state index contributed by atoms with van der Waals surface area (Å²) in [5.74, 6) is 0. The Morgan fingerprint density at radius 3 is 2.30 bits per heavy atom. The molecule has 0 aliphatic heterocycles. The van der Waals surface area contributed by atoms with Crippen LogP contribution in [0.25, 0.3) is 10.8 Å². The average Bonchev–Trinajstić information content (AvgIpc) is 3.48. The van der Waals surface area contributed by atoms with Gasteiger partial charge in [0, 0.05) is 0 Å². The molecule has 1 saturated carbocycles. The predicted molar refractivity (Wildman–Crippen MR) is 114 cm³/mol. The summed E-state index contributed by atoms with van der Waals surface area (Å²) < 4.78 is 0. The van der Waals surface area contributed by atoms with E-state index in [0.717, 1.165) is 24.8 Å². The van der Waals surface area contributed by atoms with Crippen molar-refractivity contribution in [1.82, 2.24) is 0 Å². The normalized spacial score (nSPS) is 17.6. The number of aryl methyl sites for hydroxylation is 2. The van der Waals surface area contributed by atoms with Crippen molar-refractivity contribution in [3.63, 3.8) is 0 Å². The summed E-state index contributed by atoms with van der Waals surface area (Å²) in [7, 11) is 0. The van der Waals surface area contributed by atoms with Crippen molar-refractivity contribution in [3.8, 4) is 0 Å². The van der Waals surface area contributed by atoms with Crippen molar-refractivity contribution < 1.29 is 5.11 Å². The Bertz CT molecular complexity index is 963. The Balaban J connectivity index is 1.63. The van der Waals surface area contributed by atoms with Crippen LogP contribution in [0.5, 0.6) is 0 Å². The van der Waals surface area contributed by atoms with Crippen LogP contribution in [0.2, 0.25) is 0 Å². The van der Waals surface area contributed by atoms with E-state index < -0.39 is 5.60 Å². The SMILES string of the molecule is CCc1ccccc1C(C)(O)CCC1(c2ccc(C)c3ccccc23)CC1. The monoisotopic (exact) mass is 358 g/mol. The largest absolute Gasteiger partial charge is 0.385 e. The zero-order chi connectivity index (χ0) is 19.1. The van der Waals surface area contributed by atoms with E-state index in [1.54, 1.807) is 0 Å². The van der Waals surface area contributed by atoms with Gasteiger partial charge in [-0.15, -0.1) is 0 Å². The second kappa shape index (κ2) is 6.80. The molecule has 4 rings (SSSR count). The fraction of sp³-hybridized carbons (Fsp3) is 0.385.